The zero-order chi connectivity index (χ0) is 16.6. The molecule has 4 aromatic rings. The van der Waals surface area contributed by atoms with Crippen molar-refractivity contribution >= 4 is 28.0 Å². The summed E-state index contributed by atoms with van der Waals surface area (Å²) in [6.07, 6.45) is 6.15. The molecule has 5 heteroatoms. The molecule has 0 radical (unpaired) electrons. The summed E-state index contributed by atoms with van der Waals surface area (Å²) >= 11 is 0. The number of nitrogens with one attached hydrogen (secondary N) is 1. The van der Waals surface area contributed by atoms with Gasteiger partial charge in [-0.25, -0.2) is 15.0 Å². The Morgan fingerprint density at radius 2 is 1.92 bits per heavy atom. The summed E-state index contributed by atoms with van der Waals surface area (Å²) < 4.78 is 6.04. The maximum atomic E-state index is 6.04. The van der Waals surface area contributed by atoms with E-state index in [1.165, 1.54) is 29.7 Å². The van der Waals surface area contributed by atoms with Gasteiger partial charge in [0, 0.05) is 12.2 Å². The highest BCUT2D eigenvalue weighted by Gasteiger charge is 2.18. The SMILES string of the molecule is c1ccc(CNc2ncnc3c2oc2nc4c(cc23)CCCC4)cc1. The van der Waals surface area contributed by atoms with Crippen LogP contribution >= 0.6 is 0 Å². The highest BCUT2D eigenvalue weighted by molar-refractivity contribution is 6.04. The van der Waals surface area contributed by atoms with Crippen molar-refractivity contribution in [3.8, 4) is 0 Å². The third kappa shape index (κ3) is 2.52. The van der Waals surface area contributed by atoms with Crippen LogP contribution in [0.1, 0.15) is 29.7 Å². The largest absolute Gasteiger partial charge is 0.432 e. The molecule has 0 atom stereocenters. The Morgan fingerprint density at radius 3 is 2.84 bits per heavy atom. The van der Waals surface area contributed by atoms with Crippen LogP contribution in [-0.4, -0.2) is 15.0 Å². The van der Waals surface area contributed by atoms with E-state index in [-0.39, 0.29) is 0 Å². The van der Waals surface area contributed by atoms with Gasteiger partial charge in [-0.2, -0.15) is 0 Å². The number of pyridine rings is 1. The van der Waals surface area contributed by atoms with Crippen LogP contribution in [0, 0.1) is 0 Å². The van der Waals surface area contributed by atoms with Gasteiger partial charge in [-0.1, -0.05) is 30.3 Å². The van der Waals surface area contributed by atoms with Gasteiger partial charge in [0.1, 0.15) is 11.8 Å². The number of aryl methyl sites for hydroxylation is 2. The summed E-state index contributed by atoms with van der Waals surface area (Å²) in [7, 11) is 0. The minimum absolute atomic E-state index is 0.666. The fraction of sp³-hybridized carbons (Fsp3) is 0.250. The molecule has 5 rings (SSSR count). The molecule has 25 heavy (non-hydrogen) atoms. The molecule has 0 aliphatic heterocycles. The van der Waals surface area contributed by atoms with E-state index in [2.05, 4.69) is 33.5 Å². The van der Waals surface area contributed by atoms with Crippen molar-refractivity contribution in [1.29, 1.82) is 0 Å². The van der Waals surface area contributed by atoms with Gasteiger partial charge in [0.05, 0.1) is 5.39 Å². The summed E-state index contributed by atoms with van der Waals surface area (Å²) in [5.74, 6) is 0.713. The Labute approximate surface area is 145 Å². The first-order valence-corrected chi connectivity index (χ1v) is 8.72. The number of aromatic nitrogens is 3. The van der Waals surface area contributed by atoms with Crippen LogP contribution in [0.4, 0.5) is 5.82 Å². The number of nitrogens with zero attached hydrogens (tertiary/aromatic N) is 3. The molecule has 1 N–H and O–H groups in total. The molecule has 0 saturated heterocycles. The van der Waals surface area contributed by atoms with Crippen molar-refractivity contribution in [1.82, 2.24) is 15.0 Å². The quantitative estimate of drug-likeness (QED) is 0.608. The molecule has 0 saturated carbocycles. The lowest BCUT2D eigenvalue weighted by atomic mass is 9.95. The van der Waals surface area contributed by atoms with Crippen LogP contribution in [0.3, 0.4) is 0 Å². The van der Waals surface area contributed by atoms with Crippen molar-refractivity contribution < 1.29 is 4.42 Å². The second-order valence-electron chi connectivity index (χ2n) is 6.50. The van der Waals surface area contributed by atoms with Crippen molar-refractivity contribution in [2.24, 2.45) is 0 Å². The highest BCUT2D eigenvalue weighted by atomic mass is 16.3. The number of fused-ring (bicyclic) bond motifs is 4. The van der Waals surface area contributed by atoms with Gasteiger partial charge in [0.15, 0.2) is 11.4 Å². The van der Waals surface area contributed by atoms with Gasteiger partial charge in [0.25, 0.3) is 0 Å². The Hall–Kier alpha value is -2.95. The number of anilines is 1. The number of hydrogen-bond acceptors (Lipinski definition) is 5. The first-order valence-electron chi connectivity index (χ1n) is 8.72. The topological polar surface area (TPSA) is 63.8 Å². The summed E-state index contributed by atoms with van der Waals surface area (Å²) in [6, 6.07) is 12.4. The Kier molecular flexibility index (Phi) is 3.37. The summed E-state index contributed by atoms with van der Waals surface area (Å²) in [5.41, 5.74) is 5.88. The lowest BCUT2D eigenvalue weighted by molar-refractivity contribution is 0.631. The average Bonchev–Trinajstić information content (AvgIpc) is 3.03. The van der Waals surface area contributed by atoms with Gasteiger partial charge in [0.2, 0.25) is 5.71 Å². The molecule has 3 heterocycles. The molecule has 0 unspecified atom stereocenters. The molecular formula is C20H18N4O. The zero-order valence-electron chi connectivity index (χ0n) is 13.8. The molecule has 0 bridgehead atoms. The smallest absolute Gasteiger partial charge is 0.229 e. The fourth-order valence-corrected chi connectivity index (χ4v) is 3.53. The average molecular weight is 330 g/mol. The van der Waals surface area contributed by atoms with Gasteiger partial charge in [-0.3, -0.25) is 0 Å². The standard InChI is InChI=1S/C20H18N4O/c1-2-6-13(7-3-1)11-21-19-18-17(22-12-23-19)15-10-14-8-4-5-9-16(14)24-20(15)25-18/h1-3,6-7,10,12H,4-5,8-9,11H2,(H,21,22,23). The number of hydrogen-bond donors (Lipinski definition) is 1. The van der Waals surface area contributed by atoms with E-state index in [1.807, 2.05) is 18.2 Å². The van der Waals surface area contributed by atoms with Crippen molar-refractivity contribution in [2.45, 2.75) is 32.2 Å². The number of furan rings is 1. The van der Waals surface area contributed by atoms with Crippen LogP contribution in [0.25, 0.3) is 22.2 Å². The van der Waals surface area contributed by atoms with E-state index in [1.54, 1.807) is 6.33 Å². The van der Waals surface area contributed by atoms with E-state index >= 15 is 0 Å². The van der Waals surface area contributed by atoms with Crippen LogP contribution in [0.2, 0.25) is 0 Å². The lowest BCUT2D eigenvalue weighted by Crippen LogP contribution is -2.04. The predicted octanol–water partition coefficient (Wildman–Crippen LogP) is 4.26. The first kappa shape index (κ1) is 14.4. The molecule has 5 nitrogen and oxygen atoms in total. The van der Waals surface area contributed by atoms with Crippen LogP contribution in [0.15, 0.2) is 47.1 Å². The van der Waals surface area contributed by atoms with Crippen LogP contribution < -0.4 is 5.32 Å². The molecule has 0 amide bonds. The minimum atomic E-state index is 0.666. The van der Waals surface area contributed by atoms with Gasteiger partial charge in [-0.15, -0.1) is 0 Å². The zero-order valence-corrected chi connectivity index (χ0v) is 13.8. The molecule has 0 fully saturated rings. The summed E-state index contributed by atoms with van der Waals surface area (Å²) in [5, 5.41) is 4.35. The Balaban J connectivity index is 1.58. The first-order chi connectivity index (χ1) is 12.4. The van der Waals surface area contributed by atoms with Crippen molar-refractivity contribution in [3.05, 3.63) is 59.5 Å². The predicted molar refractivity (Wildman–Crippen MR) is 97.5 cm³/mol. The monoisotopic (exact) mass is 330 g/mol. The second kappa shape index (κ2) is 5.84. The maximum absolute atomic E-state index is 6.04. The second-order valence-corrected chi connectivity index (χ2v) is 6.50. The lowest BCUT2D eigenvalue weighted by Gasteiger charge is -2.13. The van der Waals surface area contributed by atoms with Gasteiger partial charge in [-0.05, 0) is 42.9 Å². The van der Waals surface area contributed by atoms with Gasteiger partial charge >= 0.3 is 0 Å². The minimum Gasteiger partial charge on any atom is -0.432 e. The number of rotatable bonds is 3. The fourth-order valence-electron chi connectivity index (χ4n) is 3.53. The van der Waals surface area contributed by atoms with E-state index in [9.17, 15) is 0 Å². The maximum Gasteiger partial charge on any atom is 0.229 e. The van der Waals surface area contributed by atoms with Crippen molar-refractivity contribution in [3.63, 3.8) is 0 Å². The van der Waals surface area contributed by atoms with E-state index in [0.717, 1.165) is 23.7 Å². The molecule has 1 aromatic carbocycles. The third-order valence-corrected chi connectivity index (χ3v) is 4.83. The number of benzene rings is 1. The normalized spacial score (nSPS) is 13.9. The van der Waals surface area contributed by atoms with Gasteiger partial charge < -0.3 is 9.73 Å². The summed E-state index contributed by atoms with van der Waals surface area (Å²) in [4.78, 5) is 13.6. The molecule has 1 aliphatic carbocycles. The molecule has 0 spiro atoms. The van der Waals surface area contributed by atoms with E-state index in [4.69, 9.17) is 9.40 Å². The van der Waals surface area contributed by atoms with E-state index < -0.39 is 0 Å². The molecule has 3 aromatic heterocycles. The molecule has 1 aliphatic rings. The van der Waals surface area contributed by atoms with Crippen LogP contribution in [0.5, 0.6) is 0 Å². The highest BCUT2D eigenvalue weighted by Crippen LogP contribution is 2.32. The van der Waals surface area contributed by atoms with E-state index in [0.29, 0.717) is 23.7 Å². The summed E-state index contributed by atoms with van der Waals surface area (Å²) in [6.45, 7) is 0.688. The Morgan fingerprint density at radius 1 is 1.04 bits per heavy atom. The molecular weight excluding hydrogens is 312 g/mol. The van der Waals surface area contributed by atoms with Crippen molar-refractivity contribution in [2.75, 3.05) is 5.32 Å². The third-order valence-electron chi connectivity index (χ3n) is 4.83. The molecule has 124 valence electrons. The van der Waals surface area contributed by atoms with Crippen LogP contribution in [-0.2, 0) is 19.4 Å². The Bertz CT molecular complexity index is 1060.